The SMILES string of the molecule is COC(c1noc(C2(C)CCNC2)n1)C(C)C. The summed E-state index contributed by atoms with van der Waals surface area (Å²) in [6.07, 6.45) is 0.944. The Hall–Kier alpha value is -0.940. The molecule has 2 rings (SSSR count). The van der Waals surface area contributed by atoms with Crippen LogP contribution in [0.4, 0.5) is 0 Å². The van der Waals surface area contributed by atoms with Gasteiger partial charge in [0.05, 0.1) is 5.41 Å². The second-order valence-corrected chi connectivity index (χ2v) is 5.35. The highest BCUT2D eigenvalue weighted by atomic mass is 16.5. The summed E-state index contributed by atoms with van der Waals surface area (Å²) in [6.45, 7) is 8.23. The molecule has 1 aromatic rings. The van der Waals surface area contributed by atoms with Crippen molar-refractivity contribution in [3.8, 4) is 0 Å². The number of aromatic nitrogens is 2. The van der Waals surface area contributed by atoms with Crippen LogP contribution in [-0.2, 0) is 10.2 Å². The Bertz CT molecular complexity index is 370. The van der Waals surface area contributed by atoms with Gasteiger partial charge in [-0.15, -0.1) is 0 Å². The smallest absolute Gasteiger partial charge is 0.234 e. The van der Waals surface area contributed by atoms with Crippen LogP contribution >= 0.6 is 0 Å². The van der Waals surface area contributed by atoms with E-state index in [0.29, 0.717) is 11.7 Å². The average molecular weight is 239 g/mol. The second kappa shape index (κ2) is 4.74. The molecule has 0 bridgehead atoms. The van der Waals surface area contributed by atoms with Crippen LogP contribution in [0.15, 0.2) is 4.52 Å². The highest BCUT2D eigenvalue weighted by molar-refractivity contribution is 5.08. The minimum Gasteiger partial charge on any atom is -0.373 e. The molecule has 5 nitrogen and oxygen atoms in total. The summed E-state index contributed by atoms with van der Waals surface area (Å²) in [5.74, 6) is 1.71. The Labute approximate surface area is 102 Å². The summed E-state index contributed by atoms with van der Waals surface area (Å²) < 4.78 is 10.8. The molecule has 1 saturated heterocycles. The quantitative estimate of drug-likeness (QED) is 0.866. The number of nitrogens with zero attached hydrogens (tertiary/aromatic N) is 2. The predicted molar refractivity (Wildman–Crippen MR) is 63.7 cm³/mol. The molecule has 0 radical (unpaired) electrons. The van der Waals surface area contributed by atoms with Crippen molar-refractivity contribution >= 4 is 0 Å². The van der Waals surface area contributed by atoms with Gasteiger partial charge < -0.3 is 14.6 Å². The molecule has 0 saturated carbocycles. The minimum atomic E-state index is -0.0922. The molecule has 1 aliphatic rings. The zero-order chi connectivity index (χ0) is 12.5. The molecule has 1 aliphatic heterocycles. The second-order valence-electron chi connectivity index (χ2n) is 5.35. The molecule has 2 atom stereocenters. The van der Waals surface area contributed by atoms with Crippen molar-refractivity contribution in [2.24, 2.45) is 5.92 Å². The lowest BCUT2D eigenvalue weighted by molar-refractivity contribution is 0.0555. The van der Waals surface area contributed by atoms with Crippen LogP contribution in [0.2, 0.25) is 0 Å². The van der Waals surface area contributed by atoms with E-state index in [9.17, 15) is 0 Å². The fourth-order valence-corrected chi connectivity index (χ4v) is 2.27. The molecular weight excluding hydrogens is 218 g/mol. The van der Waals surface area contributed by atoms with Crippen molar-refractivity contribution in [1.82, 2.24) is 15.5 Å². The fourth-order valence-electron chi connectivity index (χ4n) is 2.27. The van der Waals surface area contributed by atoms with E-state index in [-0.39, 0.29) is 11.5 Å². The maximum Gasteiger partial charge on any atom is 0.234 e. The number of methoxy groups -OCH3 is 1. The average Bonchev–Trinajstić information content (AvgIpc) is 2.88. The molecule has 1 fully saturated rings. The summed E-state index contributed by atoms with van der Waals surface area (Å²) in [6, 6.07) is 0. The number of ether oxygens (including phenoxy) is 1. The summed E-state index contributed by atoms with van der Waals surface area (Å²) in [4.78, 5) is 4.51. The molecule has 0 aliphatic carbocycles. The van der Waals surface area contributed by atoms with Crippen molar-refractivity contribution in [2.75, 3.05) is 20.2 Å². The summed E-state index contributed by atoms with van der Waals surface area (Å²) in [5.41, 5.74) is -0.0273. The zero-order valence-electron chi connectivity index (χ0n) is 11.0. The van der Waals surface area contributed by atoms with Crippen LogP contribution in [0, 0.1) is 5.92 Å². The Morgan fingerprint density at radius 2 is 2.24 bits per heavy atom. The van der Waals surface area contributed by atoms with Gasteiger partial charge in [0.15, 0.2) is 0 Å². The van der Waals surface area contributed by atoms with E-state index in [2.05, 4.69) is 36.2 Å². The lowest BCUT2D eigenvalue weighted by atomic mass is 9.90. The van der Waals surface area contributed by atoms with Crippen LogP contribution in [0.25, 0.3) is 0 Å². The molecule has 0 aromatic carbocycles. The number of nitrogens with one attached hydrogen (secondary N) is 1. The third-order valence-electron chi connectivity index (χ3n) is 3.44. The topological polar surface area (TPSA) is 60.2 Å². The molecule has 1 aromatic heterocycles. The number of hydrogen-bond donors (Lipinski definition) is 1. The van der Waals surface area contributed by atoms with Gasteiger partial charge in [0.25, 0.3) is 0 Å². The first kappa shape index (κ1) is 12.5. The standard InChI is InChI=1S/C12H21N3O2/c1-8(2)9(16-4)10-14-11(17-15-10)12(3)5-6-13-7-12/h8-9,13H,5-7H2,1-4H3. The van der Waals surface area contributed by atoms with Crippen LogP contribution in [-0.4, -0.2) is 30.3 Å². The summed E-state index contributed by atoms with van der Waals surface area (Å²) in [5, 5.41) is 7.39. The van der Waals surface area contributed by atoms with Gasteiger partial charge in [-0.25, -0.2) is 0 Å². The van der Waals surface area contributed by atoms with E-state index in [0.717, 1.165) is 25.4 Å². The van der Waals surface area contributed by atoms with Gasteiger partial charge in [0.2, 0.25) is 11.7 Å². The van der Waals surface area contributed by atoms with Gasteiger partial charge in [0.1, 0.15) is 6.10 Å². The van der Waals surface area contributed by atoms with Crippen LogP contribution in [0.1, 0.15) is 45.0 Å². The maximum absolute atomic E-state index is 5.41. The van der Waals surface area contributed by atoms with E-state index >= 15 is 0 Å². The third kappa shape index (κ3) is 2.35. The largest absolute Gasteiger partial charge is 0.373 e. The van der Waals surface area contributed by atoms with Gasteiger partial charge in [-0.3, -0.25) is 0 Å². The predicted octanol–water partition coefficient (Wildman–Crippen LogP) is 1.66. The fraction of sp³-hybridized carbons (Fsp3) is 0.833. The van der Waals surface area contributed by atoms with E-state index in [1.807, 2.05) is 0 Å². The molecule has 5 heteroatoms. The van der Waals surface area contributed by atoms with Gasteiger partial charge in [-0.1, -0.05) is 19.0 Å². The van der Waals surface area contributed by atoms with E-state index in [1.165, 1.54) is 0 Å². The molecule has 0 amide bonds. The maximum atomic E-state index is 5.41. The van der Waals surface area contributed by atoms with Crippen LogP contribution in [0.5, 0.6) is 0 Å². The summed E-state index contributed by atoms with van der Waals surface area (Å²) >= 11 is 0. The monoisotopic (exact) mass is 239 g/mol. The first-order valence-electron chi connectivity index (χ1n) is 6.14. The first-order chi connectivity index (χ1) is 8.07. The normalized spacial score (nSPS) is 26.6. The lowest BCUT2D eigenvalue weighted by Gasteiger charge is -2.17. The Morgan fingerprint density at radius 1 is 1.47 bits per heavy atom. The van der Waals surface area contributed by atoms with Crippen LogP contribution < -0.4 is 5.32 Å². The Morgan fingerprint density at radius 3 is 2.76 bits per heavy atom. The van der Waals surface area contributed by atoms with Gasteiger partial charge in [0, 0.05) is 13.7 Å². The van der Waals surface area contributed by atoms with Crippen molar-refractivity contribution in [2.45, 2.75) is 38.7 Å². The van der Waals surface area contributed by atoms with Gasteiger partial charge >= 0.3 is 0 Å². The summed E-state index contributed by atoms with van der Waals surface area (Å²) in [7, 11) is 1.68. The molecule has 2 unspecified atom stereocenters. The van der Waals surface area contributed by atoms with E-state index < -0.39 is 0 Å². The molecular formula is C12H21N3O2. The zero-order valence-corrected chi connectivity index (χ0v) is 11.0. The van der Waals surface area contributed by atoms with Crippen molar-refractivity contribution in [1.29, 1.82) is 0 Å². The highest BCUT2D eigenvalue weighted by Crippen LogP contribution is 2.30. The molecule has 2 heterocycles. The van der Waals surface area contributed by atoms with Crippen molar-refractivity contribution < 1.29 is 9.26 Å². The van der Waals surface area contributed by atoms with E-state index in [4.69, 9.17) is 9.26 Å². The van der Waals surface area contributed by atoms with Gasteiger partial charge in [-0.2, -0.15) is 4.98 Å². The van der Waals surface area contributed by atoms with Gasteiger partial charge in [-0.05, 0) is 25.8 Å². The Balaban J connectivity index is 2.20. The molecule has 96 valence electrons. The van der Waals surface area contributed by atoms with Crippen molar-refractivity contribution in [3.63, 3.8) is 0 Å². The van der Waals surface area contributed by atoms with Crippen molar-refractivity contribution in [3.05, 3.63) is 11.7 Å². The lowest BCUT2D eigenvalue weighted by Crippen LogP contribution is -2.25. The van der Waals surface area contributed by atoms with Crippen LogP contribution in [0.3, 0.4) is 0 Å². The highest BCUT2D eigenvalue weighted by Gasteiger charge is 2.37. The minimum absolute atomic E-state index is 0.0273. The number of hydrogen-bond acceptors (Lipinski definition) is 5. The van der Waals surface area contributed by atoms with E-state index in [1.54, 1.807) is 7.11 Å². The first-order valence-corrected chi connectivity index (χ1v) is 6.14. The molecule has 1 N–H and O–H groups in total. The molecule has 17 heavy (non-hydrogen) atoms. The number of rotatable bonds is 4. The third-order valence-corrected chi connectivity index (χ3v) is 3.44. The Kier molecular flexibility index (Phi) is 3.49. The molecule has 0 spiro atoms.